The van der Waals surface area contributed by atoms with Gasteiger partial charge in [-0.1, -0.05) is 11.6 Å². The zero-order valence-corrected chi connectivity index (χ0v) is 11.4. The van der Waals surface area contributed by atoms with Crippen LogP contribution in [-0.2, 0) is 0 Å². The Kier molecular flexibility index (Phi) is 4.09. The Hall–Kier alpha value is -2.21. The second-order valence-corrected chi connectivity index (χ2v) is 4.68. The van der Waals surface area contributed by atoms with Crippen LogP contribution in [0.3, 0.4) is 0 Å². The van der Waals surface area contributed by atoms with Gasteiger partial charge in [0.25, 0.3) is 0 Å². The van der Waals surface area contributed by atoms with Crippen molar-refractivity contribution in [2.75, 3.05) is 5.32 Å². The van der Waals surface area contributed by atoms with E-state index in [2.05, 4.69) is 5.32 Å². The molecule has 0 fully saturated rings. The molecule has 0 unspecified atom stereocenters. The maximum Gasteiger partial charge on any atom is 0.337 e. The minimum absolute atomic E-state index is 0.0250. The molecule has 0 aliphatic carbocycles. The van der Waals surface area contributed by atoms with Crippen molar-refractivity contribution in [1.29, 1.82) is 0 Å². The number of aromatic carboxylic acids is 1. The van der Waals surface area contributed by atoms with Gasteiger partial charge in [-0.25, -0.2) is 18.0 Å². The molecule has 0 aromatic heterocycles. The third-order valence-corrected chi connectivity index (χ3v) is 3.19. The number of halogens is 4. The Bertz CT molecular complexity index is 735. The SMILES string of the molecule is Cc1c(Nc2cc(Cl)c(F)cc2C(=O)O)ccc(F)c1F. The van der Waals surface area contributed by atoms with E-state index in [0.717, 1.165) is 18.2 Å². The van der Waals surface area contributed by atoms with Crippen LogP contribution in [0.25, 0.3) is 0 Å². The number of hydrogen-bond donors (Lipinski definition) is 2. The summed E-state index contributed by atoms with van der Waals surface area (Å²) in [6, 6.07) is 3.97. The summed E-state index contributed by atoms with van der Waals surface area (Å²) < 4.78 is 39.9. The summed E-state index contributed by atoms with van der Waals surface area (Å²) in [6.07, 6.45) is 0. The highest BCUT2D eigenvalue weighted by Crippen LogP contribution is 2.29. The third-order valence-electron chi connectivity index (χ3n) is 2.90. The number of hydrogen-bond acceptors (Lipinski definition) is 2. The Morgan fingerprint density at radius 1 is 1.14 bits per heavy atom. The highest BCUT2D eigenvalue weighted by molar-refractivity contribution is 6.31. The number of anilines is 2. The number of carbonyl (C=O) groups is 1. The molecule has 0 atom stereocenters. The van der Waals surface area contributed by atoms with E-state index in [1.807, 2.05) is 0 Å². The first-order chi connectivity index (χ1) is 9.81. The first-order valence-corrected chi connectivity index (χ1v) is 6.13. The normalized spacial score (nSPS) is 10.5. The summed E-state index contributed by atoms with van der Waals surface area (Å²) in [4.78, 5) is 11.1. The summed E-state index contributed by atoms with van der Waals surface area (Å²) in [6.45, 7) is 1.33. The van der Waals surface area contributed by atoms with Crippen molar-refractivity contribution in [2.24, 2.45) is 0 Å². The number of carboxylic acids is 1. The number of nitrogens with one attached hydrogen (secondary N) is 1. The number of benzene rings is 2. The molecule has 3 nitrogen and oxygen atoms in total. The number of carboxylic acid groups (broad SMARTS) is 1. The lowest BCUT2D eigenvalue weighted by molar-refractivity contribution is 0.0697. The van der Waals surface area contributed by atoms with E-state index >= 15 is 0 Å². The molecule has 0 spiro atoms. The first-order valence-electron chi connectivity index (χ1n) is 5.75. The van der Waals surface area contributed by atoms with E-state index in [1.54, 1.807) is 0 Å². The molecule has 0 saturated carbocycles. The largest absolute Gasteiger partial charge is 0.478 e. The van der Waals surface area contributed by atoms with Gasteiger partial charge in [0.15, 0.2) is 11.6 Å². The second kappa shape index (κ2) is 5.65. The van der Waals surface area contributed by atoms with Crippen LogP contribution >= 0.6 is 11.6 Å². The van der Waals surface area contributed by atoms with Crippen LogP contribution in [0.1, 0.15) is 15.9 Å². The molecule has 0 bridgehead atoms. The Morgan fingerprint density at radius 2 is 1.81 bits per heavy atom. The van der Waals surface area contributed by atoms with Crippen LogP contribution in [0.5, 0.6) is 0 Å². The van der Waals surface area contributed by atoms with E-state index in [9.17, 15) is 18.0 Å². The van der Waals surface area contributed by atoms with Gasteiger partial charge >= 0.3 is 5.97 Å². The van der Waals surface area contributed by atoms with Crippen LogP contribution in [-0.4, -0.2) is 11.1 Å². The quantitative estimate of drug-likeness (QED) is 0.876. The highest BCUT2D eigenvalue weighted by atomic mass is 35.5. The zero-order chi connectivity index (χ0) is 15.7. The smallest absolute Gasteiger partial charge is 0.337 e. The van der Waals surface area contributed by atoms with Gasteiger partial charge < -0.3 is 10.4 Å². The van der Waals surface area contributed by atoms with Crippen molar-refractivity contribution < 1.29 is 23.1 Å². The summed E-state index contributed by atoms with van der Waals surface area (Å²) >= 11 is 5.61. The molecular weight excluding hydrogens is 307 g/mol. The fourth-order valence-corrected chi connectivity index (χ4v) is 1.92. The molecule has 0 heterocycles. The van der Waals surface area contributed by atoms with Gasteiger partial charge in [0.2, 0.25) is 0 Å². The Morgan fingerprint density at radius 3 is 2.43 bits per heavy atom. The van der Waals surface area contributed by atoms with Gasteiger partial charge in [-0.05, 0) is 31.2 Å². The minimum atomic E-state index is -1.38. The summed E-state index contributed by atoms with van der Waals surface area (Å²) in [7, 11) is 0. The van der Waals surface area contributed by atoms with E-state index in [1.165, 1.54) is 13.0 Å². The van der Waals surface area contributed by atoms with Crippen molar-refractivity contribution >= 4 is 28.9 Å². The predicted octanol–water partition coefficient (Wildman–Crippen LogP) is 4.51. The van der Waals surface area contributed by atoms with Crippen LogP contribution in [0.4, 0.5) is 24.5 Å². The van der Waals surface area contributed by atoms with Gasteiger partial charge in [-0.3, -0.25) is 0 Å². The van der Waals surface area contributed by atoms with E-state index in [4.69, 9.17) is 16.7 Å². The van der Waals surface area contributed by atoms with Crippen LogP contribution < -0.4 is 5.32 Å². The van der Waals surface area contributed by atoms with Crippen LogP contribution in [0, 0.1) is 24.4 Å². The van der Waals surface area contributed by atoms with Gasteiger partial charge in [-0.2, -0.15) is 0 Å². The van der Waals surface area contributed by atoms with Crippen LogP contribution in [0.15, 0.2) is 24.3 Å². The monoisotopic (exact) mass is 315 g/mol. The molecule has 110 valence electrons. The van der Waals surface area contributed by atoms with Crippen molar-refractivity contribution in [2.45, 2.75) is 6.92 Å². The Balaban J connectivity index is 2.51. The van der Waals surface area contributed by atoms with Gasteiger partial charge in [0, 0.05) is 11.3 Å². The second-order valence-electron chi connectivity index (χ2n) is 4.28. The van der Waals surface area contributed by atoms with Gasteiger partial charge in [-0.15, -0.1) is 0 Å². The standard InChI is InChI=1S/C14H9ClF3NO2/c1-6-11(3-2-9(16)13(6)18)19-12-5-8(15)10(17)4-7(12)14(20)21/h2-5,19H,1H3,(H,20,21). The maximum absolute atomic E-state index is 13.5. The van der Waals surface area contributed by atoms with E-state index < -0.39 is 23.4 Å². The fourth-order valence-electron chi connectivity index (χ4n) is 1.76. The van der Waals surface area contributed by atoms with Crippen LogP contribution in [0.2, 0.25) is 5.02 Å². The zero-order valence-electron chi connectivity index (χ0n) is 10.7. The van der Waals surface area contributed by atoms with E-state index in [0.29, 0.717) is 0 Å². The van der Waals surface area contributed by atoms with Gasteiger partial charge in [0.1, 0.15) is 5.82 Å². The first kappa shape index (κ1) is 15.2. The van der Waals surface area contributed by atoms with Crippen molar-refractivity contribution in [3.05, 3.63) is 57.9 Å². The average Bonchev–Trinajstić information content (AvgIpc) is 2.43. The molecule has 2 rings (SSSR count). The molecule has 7 heteroatoms. The lowest BCUT2D eigenvalue weighted by Crippen LogP contribution is -2.05. The molecule has 2 aromatic carbocycles. The minimum Gasteiger partial charge on any atom is -0.478 e. The average molecular weight is 316 g/mol. The van der Waals surface area contributed by atoms with E-state index in [-0.39, 0.29) is 27.5 Å². The molecule has 0 amide bonds. The summed E-state index contributed by atoms with van der Waals surface area (Å²) in [5, 5.41) is 11.4. The Labute approximate surface area is 123 Å². The van der Waals surface area contributed by atoms with Gasteiger partial charge in [0.05, 0.1) is 16.3 Å². The third kappa shape index (κ3) is 2.95. The molecule has 0 radical (unpaired) electrons. The molecule has 2 aromatic rings. The highest BCUT2D eigenvalue weighted by Gasteiger charge is 2.16. The maximum atomic E-state index is 13.5. The van der Waals surface area contributed by atoms with Crippen molar-refractivity contribution in [3.63, 3.8) is 0 Å². The molecule has 21 heavy (non-hydrogen) atoms. The summed E-state index contributed by atoms with van der Waals surface area (Å²) in [5.41, 5.74) is -0.282. The lowest BCUT2D eigenvalue weighted by atomic mass is 10.1. The predicted molar refractivity (Wildman–Crippen MR) is 72.7 cm³/mol. The summed E-state index contributed by atoms with van der Waals surface area (Å²) in [5.74, 6) is -4.34. The molecule has 0 saturated heterocycles. The molecule has 0 aliphatic heterocycles. The fraction of sp³-hybridized carbons (Fsp3) is 0.0714. The topological polar surface area (TPSA) is 49.3 Å². The van der Waals surface area contributed by atoms with Crippen molar-refractivity contribution in [3.8, 4) is 0 Å². The molecular formula is C14H9ClF3NO2. The molecule has 2 N–H and O–H groups in total. The lowest BCUT2D eigenvalue weighted by Gasteiger charge is -2.13. The molecule has 0 aliphatic rings. The number of rotatable bonds is 3. The van der Waals surface area contributed by atoms with Crippen molar-refractivity contribution in [1.82, 2.24) is 0 Å².